The quantitative estimate of drug-likeness (QED) is 0.289. The normalized spacial score (nSPS) is 15.1. The van der Waals surface area contributed by atoms with E-state index in [0.29, 0.717) is 6.61 Å². The van der Waals surface area contributed by atoms with Crippen molar-refractivity contribution in [2.24, 2.45) is 0 Å². The van der Waals surface area contributed by atoms with Gasteiger partial charge in [-0.05, 0) is 34.7 Å². The molecule has 114 valence electrons. The fraction of sp³-hybridized carbons (Fsp3) is 0.867. The first kappa shape index (κ1) is 19.6. The molecule has 4 heteroatoms. The Morgan fingerprint density at radius 1 is 1.21 bits per heavy atom. The van der Waals surface area contributed by atoms with Crippen molar-refractivity contribution in [3.63, 3.8) is 0 Å². The fourth-order valence-corrected chi connectivity index (χ4v) is 3.14. The van der Waals surface area contributed by atoms with Crippen LogP contribution in [0.25, 0.3) is 0 Å². The topological polar surface area (TPSA) is 18.5 Å². The molecular formula is C15H31IO2Si. The van der Waals surface area contributed by atoms with Crippen molar-refractivity contribution in [3.8, 4) is 0 Å². The minimum Gasteiger partial charge on any atom is -0.408 e. The average Bonchev–Trinajstić information content (AvgIpc) is 2.27. The Morgan fingerprint density at radius 3 is 2.32 bits per heavy atom. The van der Waals surface area contributed by atoms with Gasteiger partial charge in [0.2, 0.25) is 0 Å². The molecule has 0 aromatic heterocycles. The second kappa shape index (κ2) is 9.53. The molecule has 0 aliphatic heterocycles. The minimum atomic E-state index is -1.72. The first-order chi connectivity index (χ1) is 8.74. The lowest BCUT2D eigenvalue weighted by Crippen LogP contribution is -2.44. The zero-order valence-electron chi connectivity index (χ0n) is 13.5. The number of ether oxygens (including phenoxy) is 1. The molecule has 0 bridgehead atoms. The molecule has 2 nitrogen and oxygen atoms in total. The summed E-state index contributed by atoms with van der Waals surface area (Å²) in [6.45, 7) is 15.1. The molecule has 0 aromatic carbocycles. The molecule has 0 heterocycles. The van der Waals surface area contributed by atoms with Gasteiger partial charge in [-0.15, -0.1) is 0 Å². The summed E-state index contributed by atoms with van der Waals surface area (Å²) in [7, 11) is -1.72. The van der Waals surface area contributed by atoms with E-state index in [4.69, 9.17) is 9.16 Å². The standard InChI is InChI=1S/C15H31IO2Si/c1-7-8-9-12-17-13-14(10-11-16)18-19(5,6)15(2,3)4/h10-11,14H,7-9,12-13H2,1-6H3/t14-/m1/s1. The Bertz CT molecular complexity index is 259. The highest BCUT2D eigenvalue weighted by molar-refractivity contribution is 14.1. The lowest BCUT2D eigenvalue weighted by atomic mass is 10.2. The van der Waals surface area contributed by atoms with E-state index in [9.17, 15) is 0 Å². The molecule has 0 radical (unpaired) electrons. The molecule has 0 fully saturated rings. The van der Waals surface area contributed by atoms with E-state index < -0.39 is 8.32 Å². The molecule has 0 N–H and O–H groups in total. The highest BCUT2D eigenvalue weighted by Crippen LogP contribution is 2.37. The maximum Gasteiger partial charge on any atom is 0.192 e. The summed E-state index contributed by atoms with van der Waals surface area (Å²) in [5, 5.41) is 0.243. The summed E-state index contributed by atoms with van der Waals surface area (Å²) in [5.41, 5.74) is 0. The van der Waals surface area contributed by atoms with Crippen molar-refractivity contribution < 1.29 is 9.16 Å². The molecular weight excluding hydrogens is 367 g/mol. The lowest BCUT2D eigenvalue weighted by molar-refractivity contribution is 0.0627. The number of unbranched alkanes of at least 4 members (excludes halogenated alkanes) is 2. The maximum absolute atomic E-state index is 6.37. The van der Waals surface area contributed by atoms with Gasteiger partial charge in [0, 0.05) is 6.61 Å². The summed E-state index contributed by atoms with van der Waals surface area (Å²) >= 11 is 2.25. The SMILES string of the molecule is CCCCCOC[C@@H](C=CI)O[Si](C)(C)C(C)(C)C. The molecule has 1 atom stereocenters. The van der Waals surface area contributed by atoms with Gasteiger partial charge < -0.3 is 9.16 Å². The van der Waals surface area contributed by atoms with E-state index in [1.54, 1.807) is 0 Å². The van der Waals surface area contributed by atoms with Crippen LogP contribution in [0.1, 0.15) is 47.0 Å². The fourth-order valence-electron chi connectivity index (χ4n) is 1.42. The Labute approximate surface area is 134 Å². The minimum absolute atomic E-state index is 0.0967. The van der Waals surface area contributed by atoms with Crippen LogP contribution in [-0.4, -0.2) is 27.6 Å². The zero-order chi connectivity index (χ0) is 14.9. The predicted octanol–water partition coefficient (Wildman–Crippen LogP) is 5.53. The monoisotopic (exact) mass is 398 g/mol. The molecule has 0 amide bonds. The van der Waals surface area contributed by atoms with Gasteiger partial charge in [0.1, 0.15) is 0 Å². The summed E-state index contributed by atoms with van der Waals surface area (Å²) in [5.74, 6) is 0. The van der Waals surface area contributed by atoms with Crippen molar-refractivity contribution in [2.45, 2.75) is 71.2 Å². The van der Waals surface area contributed by atoms with Gasteiger partial charge in [-0.1, -0.05) is 63.1 Å². The van der Waals surface area contributed by atoms with Crippen LogP contribution >= 0.6 is 22.6 Å². The Morgan fingerprint density at radius 2 is 1.84 bits per heavy atom. The number of halogens is 1. The van der Waals surface area contributed by atoms with Crippen LogP contribution in [0.15, 0.2) is 10.2 Å². The number of hydrogen-bond donors (Lipinski definition) is 0. The van der Waals surface area contributed by atoms with Gasteiger partial charge in [-0.2, -0.15) is 0 Å². The summed E-state index contributed by atoms with van der Waals surface area (Å²) < 4.78 is 14.2. The zero-order valence-corrected chi connectivity index (χ0v) is 16.6. The molecule has 0 unspecified atom stereocenters. The molecule has 19 heavy (non-hydrogen) atoms. The summed E-state index contributed by atoms with van der Waals surface area (Å²) in [4.78, 5) is 0. The van der Waals surface area contributed by atoms with Crippen LogP contribution in [0.4, 0.5) is 0 Å². The van der Waals surface area contributed by atoms with E-state index >= 15 is 0 Å². The number of rotatable bonds is 9. The van der Waals surface area contributed by atoms with Gasteiger partial charge in [-0.3, -0.25) is 0 Å². The van der Waals surface area contributed by atoms with Crippen LogP contribution < -0.4 is 0 Å². The largest absolute Gasteiger partial charge is 0.408 e. The molecule has 0 aliphatic carbocycles. The van der Waals surface area contributed by atoms with Crippen LogP contribution in [-0.2, 0) is 9.16 Å². The highest BCUT2D eigenvalue weighted by atomic mass is 127. The third-order valence-corrected chi connectivity index (χ3v) is 8.63. The first-order valence-corrected chi connectivity index (χ1v) is 11.4. The van der Waals surface area contributed by atoms with Crippen molar-refractivity contribution in [2.75, 3.05) is 13.2 Å². The van der Waals surface area contributed by atoms with Crippen molar-refractivity contribution >= 4 is 30.9 Å². The Kier molecular flexibility index (Phi) is 9.83. The van der Waals surface area contributed by atoms with Gasteiger partial charge in [0.15, 0.2) is 8.32 Å². The molecule has 0 spiro atoms. The molecule has 0 saturated carbocycles. The summed E-state index contributed by atoms with van der Waals surface area (Å²) in [6, 6.07) is 0. The molecule has 0 saturated heterocycles. The van der Waals surface area contributed by atoms with Crippen molar-refractivity contribution in [1.29, 1.82) is 0 Å². The Hall–Kier alpha value is 0.607. The maximum atomic E-state index is 6.37. The van der Waals surface area contributed by atoms with E-state index in [-0.39, 0.29) is 11.1 Å². The van der Waals surface area contributed by atoms with Gasteiger partial charge in [0.05, 0.1) is 12.7 Å². The molecule has 0 aromatic rings. The van der Waals surface area contributed by atoms with Gasteiger partial charge in [-0.25, -0.2) is 0 Å². The lowest BCUT2D eigenvalue weighted by Gasteiger charge is -2.38. The average molecular weight is 398 g/mol. The van der Waals surface area contributed by atoms with Crippen molar-refractivity contribution in [1.82, 2.24) is 0 Å². The number of hydrogen-bond acceptors (Lipinski definition) is 2. The third-order valence-electron chi connectivity index (χ3n) is 3.71. The summed E-state index contributed by atoms with van der Waals surface area (Å²) in [6.07, 6.45) is 5.84. The van der Waals surface area contributed by atoms with E-state index in [1.807, 2.05) is 4.08 Å². The smallest absolute Gasteiger partial charge is 0.192 e. The van der Waals surface area contributed by atoms with E-state index in [0.717, 1.165) is 13.0 Å². The van der Waals surface area contributed by atoms with Crippen LogP contribution in [0.2, 0.25) is 18.1 Å². The predicted molar refractivity (Wildman–Crippen MR) is 95.6 cm³/mol. The van der Waals surface area contributed by atoms with Crippen LogP contribution in [0.5, 0.6) is 0 Å². The van der Waals surface area contributed by atoms with Crippen molar-refractivity contribution in [3.05, 3.63) is 10.2 Å². The highest BCUT2D eigenvalue weighted by Gasteiger charge is 2.38. The molecule has 0 rings (SSSR count). The second-order valence-electron chi connectivity index (χ2n) is 6.52. The van der Waals surface area contributed by atoms with Crippen LogP contribution in [0.3, 0.4) is 0 Å². The van der Waals surface area contributed by atoms with Crippen LogP contribution in [0, 0.1) is 0 Å². The third kappa shape index (κ3) is 8.47. The second-order valence-corrected chi connectivity index (χ2v) is 12.0. The van der Waals surface area contributed by atoms with E-state index in [1.165, 1.54) is 12.8 Å². The van der Waals surface area contributed by atoms with Gasteiger partial charge >= 0.3 is 0 Å². The first-order valence-electron chi connectivity index (χ1n) is 7.27. The Balaban J connectivity index is 4.26. The van der Waals surface area contributed by atoms with Gasteiger partial charge in [0.25, 0.3) is 0 Å². The molecule has 0 aliphatic rings. The van der Waals surface area contributed by atoms with E-state index in [2.05, 4.69) is 69.5 Å².